The Balaban J connectivity index is 1.82. The van der Waals surface area contributed by atoms with Crippen LogP contribution in [0.15, 0.2) is 12.2 Å². The van der Waals surface area contributed by atoms with Gasteiger partial charge in [-0.15, -0.1) is 0 Å². The average Bonchev–Trinajstić information content (AvgIpc) is 2.90. The highest BCUT2D eigenvalue weighted by molar-refractivity contribution is 5.90. The molecule has 3 fully saturated rings. The van der Waals surface area contributed by atoms with E-state index in [9.17, 15) is 4.79 Å². The van der Waals surface area contributed by atoms with Crippen molar-refractivity contribution in [3.05, 3.63) is 12.2 Å². The lowest BCUT2D eigenvalue weighted by molar-refractivity contribution is -0.140. The highest BCUT2D eigenvalue weighted by Crippen LogP contribution is 2.50. The van der Waals surface area contributed by atoms with Gasteiger partial charge >= 0.3 is 5.97 Å². The fraction of sp³-hybridized carbons (Fsp3) is 0.800. The summed E-state index contributed by atoms with van der Waals surface area (Å²) in [7, 11) is 0. The van der Waals surface area contributed by atoms with Crippen LogP contribution in [-0.4, -0.2) is 23.8 Å². The Morgan fingerprint density at radius 1 is 1.33 bits per heavy atom. The zero-order chi connectivity index (χ0) is 12.9. The van der Waals surface area contributed by atoms with Gasteiger partial charge in [0.2, 0.25) is 0 Å². The standard InChI is InChI=1S/C15H22O3/c1-9-5-4-8-15(3)13(18-15)12-11(7-6-9)10(2)14(16)17-12/h9,11-13H,2,4-8H2,1,3H3/t9-,11+,12+,13-,15-/m1/s1. The van der Waals surface area contributed by atoms with Gasteiger partial charge in [-0.25, -0.2) is 4.79 Å². The predicted molar refractivity (Wildman–Crippen MR) is 68.0 cm³/mol. The van der Waals surface area contributed by atoms with Crippen LogP contribution in [0.4, 0.5) is 0 Å². The highest BCUT2D eigenvalue weighted by atomic mass is 16.6. The van der Waals surface area contributed by atoms with Crippen LogP contribution in [0.3, 0.4) is 0 Å². The van der Waals surface area contributed by atoms with E-state index in [4.69, 9.17) is 9.47 Å². The Labute approximate surface area is 109 Å². The van der Waals surface area contributed by atoms with Gasteiger partial charge in [-0.1, -0.05) is 26.3 Å². The third-order valence-corrected chi connectivity index (χ3v) is 4.93. The van der Waals surface area contributed by atoms with Gasteiger partial charge in [0.25, 0.3) is 0 Å². The first-order valence-electron chi connectivity index (χ1n) is 7.09. The molecule has 0 aromatic heterocycles. The number of epoxide rings is 1. The second kappa shape index (κ2) is 4.09. The molecule has 0 bridgehead atoms. The maximum atomic E-state index is 11.7. The molecule has 2 heterocycles. The normalized spacial score (nSPS) is 48.1. The fourth-order valence-electron chi connectivity index (χ4n) is 3.52. The number of hydrogen-bond donors (Lipinski definition) is 0. The maximum absolute atomic E-state index is 11.7. The number of rotatable bonds is 0. The van der Waals surface area contributed by atoms with Crippen LogP contribution in [0.25, 0.3) is 0 Å². The molecule has 2 saturated heterocycles. The average molecular weight is 250 g/mol. The summed E-state index contributed by atoms with van der Waals surface area (Å²) in [6.07, 6.45) is 5.71. The molecule has 0 amide bonds. The lowest BCUT2D eigenvalue weighted by Gasteiger charge is -2.21. The van der Waals surface area contributed by atoms with E-state index in [1.54, 1.807) is 0 Å². The second-order valence-corrected chi connectivity index (χ2v) is 6.43. The van der Waals surface area contributed by atoms with E-state index in [1.165, 1.54) is 12.8 Å². The van der Waals surface area contributed by atoms with Crippen molar-refractivity contribution in [1.82, 2.24) is 0 Å². The summed E-state index contributed by atoms with van der Waals surface area (Å²) in [5, 5.41) is 0. The first-order chi connectivity index (χ1) is 8.51. The van der Waals surface area contributed by atoms with E-state index in [-0.39, 0.29) is 29.7 Å². The Morgan fingerprint density at radius 2 is 2.11 bits per heavy atom. The SMILES string of the molecule is C=C1C(=O)O[C@@H]2[C@H]3O[C@]3(C)CCC[C@@H](C)CC[C@@H]12. The molecular formula is C15H22O3. The van der Waals surface area contributed by atoms with Crippen molar-refractivity contribution in [3.63, 3.8) is 0 Å². The van der Waals surface area contributed by atoms with Crippen molar-refractivity contribution in [2.24, 2.45) is 11.8 Å². The largest absolute Gasteiger partial charge is 0.455 e. The first-order valence-corrected chi connectivity index (χ1v) is 7.09. The molecule has 0 spiro atoms. The molecule has 3 heteroatoms. The minimum absolute atomic E-state index is 0.0646. The Morgan fingerprint density at radius 3 is 2.89 bits per heavy atom. The van der Waals surface area contributed by atoms with Gasteiger partial charge in [0, 0.05) is 11.5 Å². The molecule has 100 valence electrons. The number of hydrogen-bond acceptors (Lipinski definition) is 3. The van der Waals surface area contributed by atoms with E-state index in [0.29, 0.717) is 11.5 Å². The van der Waals surface area contributed by atoms with Crippen LogP contribution in [-0.2, 0) is 14.3 Å². The molecule has 2 aliphatic heterocycles. The van der Waals surface area contributed by atoms with Crippen LogP contribution < -0.4 is 0 Å². The molecule has 18 heavy (non-hydrogen) atoms. The first kappa shape index (κ1) is 12.2. The van der Waals surface area contributed by atoms with Gasteiger partial charge in [0.05, 0.1) is 5.60 Å². The van der Waals surface area contributed by atoms with Gasteiger partial charge in [-0.05, 0) is 32.1 Å². The van der Waals surface area contributed by atoms with E-state index in [2.05, 4.69) is 20.4 Å². The van der Waals surface area contributed by atoms with Crippen molar-refractivity contribution in [2.75, 3.05) is 0 Å². The van der Waals surface area contributed by atoms with Crippen molar-refractivity contribution in [1.29, 1.82) is 0 Å². The molecule has 0 aromatic carbocycles. The van der Waals surface area contributed by atoms with Gasteiger partial charge in [-0.2, -0.15) is 0 Å². The smallest absolute Gasteiger partial charge is 0.334 e. The molecular weight excluding hydrogens is 228 g/mol. The van der Waals surface area contributed by atoms with E-state index < -0.39 is 0 Å². The molecule has 3 rings (SSSR count). The zero-order valence-corrected chi connectivity index (χ0v) is 11.3. The summed E-state index contributed by atoms with van der Waals surface area (Å²) in [5.74, 6) is 0.674. The molecule has 3 aliphatic rings. The molecule has 0 radical (unpaired) electrons. The number of fused-ring (bicyclic) bond motifs is 3. The van der Waals surface area contributed by atoms with Crippen LogP contribution >= 0.6 is 0 Å². The summed E-state index contributed by atoms with van der Waals surface area (Å²) < 4.78 is 11.4. The molecule has 3 nitrogen and oxygen atoms in total. The van der Waals surface area contributed by atoms with Crippen molar-refractivity contribution in [3.8, 4) is 0 Å². The monoisotopic (exact) mass is 250 g/mol. The second-order valence-electron chi connectivity index (χ2n) is 6.43. The molecule has 5 atom stereocenters. The quantitative estimate of drug-likeness (QED) is 0.377. The summed E-state index contributed by atoms with van der Waals surface area (Å²) >= 11 is 0. The lowest BCUT2D eigenvalue weighted by Crippen LogP contribution is -2.29. The minimum Gasteiger partial charge on any atom is -0.455 e. The Kier molecular flexibility index (Phi) is 2.77. The zero-order valence-electron chi connectivity index (χ0n) is 11.3. The minimum atomic E-state index is -0.213. The summed E-state index contributed by atoms with van der Waals surface area (Å²) in [6.45, 7) is 8.36. The van der Waals surface area contributed by atoms with Crippen LogP contribution in [0.1, 0.15) is 46.0 Å². The van der Waals surface area contributed by atoms with E-state index in [0.717, 1.165) is 19.3 Å². The number of carbonyl (C=O) groups excluding carboxylic acids is 1. The Hall–Kier alpha value is -0.830. The number of ether oxygens (including phenoxy) is 2. The van der Waals surface area contributed by atoms with Crippen molar-refractivity contribution in [2.45, 2.75) is 63.8 Å². The molecule has 0 aromatic rings. The van der Waals surface area contributed by atoms with Crippen LogP contribution in [0.5, 0.6) is 0 Å². The summed E-state index contributed by atoms with van der Waals surface area (Å²) in [6, 6.07) is 0. The summed E-state index contributed by atoms with van der Waals surface area (Å²) in [4.78, 5) is 11.7. The molecule has 0 N–H and O–H groups in total. The van der Waals surface area contributed by atoms with Gasteiger partial charge in [0.15, 0.2) is 0 Å². The van der Waals surface area contributed by atoms with E-state index in [1.807, 2.05) is 0 Å². The predicted octanol–water partition coefficient (Wildman–Crippen LogP) is 2.84. The van der Waals surface area contributed by atoms with Crippen molar-refractivity contribution < 1.29 is 14.3 Å². The lowest BCUT2D eigenvalue weighted by atomic mass is 9.81. The van der Waals surface area contributed by atoms with E-state index >= 15 is 0 Å². The number of esters is 1. The van der Waals surface area contributed by atoms with Gasteiger partial charge < -0.3 is 9.47 Å². The maximum Gasteiger partial charge on any atom is 0.334 e. The van der Waals surface area contributed by atoms with Crippen LogP contribution in [0, 0.1) is 11.8 Å². The molecule has 1 aliphatic carbocycles. The number of carbonyl (C=O) groups is 1. The van der Waals surface area contributed by atoms with Crippen molar-refractivity contribution >= 4 is 5.97 Å². The highest BCUT2D eigenvalue weighted by Gasteiger charge is 2.61. The fourth-order valence-corrected chi connectivity index (χ4v) is 3.52. The third kappa shape index (κ3) is 1.89. The topological polar surface area (TPSA) is 38.8 Å². The summed E-state index contributed by atoms with van der Waals surface area (Å²) in [5.41, 5.74) is 0.593. The molecule has 0 unspecified atom stereocenters. The third-order valence-electron chi connectivity index (χ3n) is 4.93. The van der Waals surface area contributed by atoms with Gasteiger partial charge in [-0.3, -0.25) is 0 Å². The Bertz CT molecular complexity index is 389. The van der Waals surface area contributed by atoms with Gasteiger partial charge in [0.1, 0.15) is 12.2 Å². The van der Waals surface area contributed by atoms with Crippen LogP contribution in [0.2, 0.25) is 0 Å². The molecule has 1 saturated carbocycles.